The normalized spacial score (nSPS) is 16.8. The Morgan fingerprint density at radius 1 is 1.10 bits per heavy atom. The Bertz CT molecular complexity index is 943. The van der Waals surface area contributed by atoms with Crippen LogP contribution >= 0.6 is 0 Å². The van der Waals surface area contributed by atoms with Crippen LogP contribution in [0.25, 0.3) is 0 Å². The van der Waals surface area contributed by atoms with E-state index in [1.165, 1.54) is 36.2 Å². The summed E-state index contributed by atoms with van der Waals surface area (Å²) in [6, 6.07) is 0. The van der Waals surface area contributed by atoms with Gasteiger partial charge in [-0.25, -0.2) is 4.39 Å². The Labute approximate surface area is 240 Å². The first-order valence-corrected chi connectivity index (χ1v) is 14.8. The summed E-state index contributed by atoms with van der Waals surface area (Å²) in [5, 5.41) is 3.09. The fourth-order valence-corrected chi connectivity index (χ4v) is 5.05. The maximum atomic E-state index is 14.8. The molecule has 1 unspecified atom stereocenters. The topological polar surface area (TPSA) is 18.5 Å². The van der Waals surface area contributed by atoms with Crippen molar-refractivity contribution in [3.63, 3.8) is 0 Å². The maximum Gasteiger partial charge on any atom is 0.108 e. The van der Waals surface area contributed by atoms with E-state index in [1.54, 1.807) is 13.1 Å². The van der Waals surface area contributed by atoms with Crippen LogP contribution in [-0.4, -0.2) is 42.2 Å². The van der Waals surface area contributed by atoms with Crippen molar-refractivity contribution < 1.29 is 4.39 Å². The van der Waals surface area contributed by atoms with Crippen LogP contribution in [0.3, 0.4) is 0 Å². The first-order chi connectivity index (χ1) is 18.5. The number of allylic oxidation sites excluding steroid dienone is 8. The van der Waals surface area contributed by atoms with Gasteiger partial charge in [0, 0.05) is 30.2 Å². The van der Waals surface area contributed by atoms with Crippen molar-refractivity contribution >= 4 is 0 Å². The van der Waals surface area contributed by atoms with E-state index in [1.807, 2.05) is 18.0 Å². The minimum Gasteiger partial charge on any atom is -0.348 e. The summed E-state index contributed by atoms with van der Waals surface area (Å²) < 4.78 is 14.8. The highest BCUT2D eigenvalue weighted by Gasteiger charge is 2.23. The molecular formula is C35H56FN3. The molecule has 0 spiro atoms. The first kappa shape index (κ1) is 34.4. The van der Waals surface area contributed by atoms with Gasteiger partial charge in [-0.2, -0.15) is 0 Å². The SMILES string of the molecule is C=C/C(=C\C=C(/C)N(CC)C(/C=C\C)=C(/C)C1CCC1)C(=C)CN(C=C)C(=C)CCCC(C)(F)CCCNC. The van der Waals surface area contributed by atoms with Crippen LogP contribution in [-0.2, 0) is 0 Å². The van der Waals surface area contributed by atoms with Gasteiger partial charge in [0.15, 0.2) is 0 Å². The average Bonchev–Trinajstić information content (AvgIpc) is 2.86. The molecule has 1 aliphatic carbocycles. The van der Waals surface area contributed by atoms with Crippen LogP contribution in [0.15, 0.2) is 96.7 Å². The number of nitrogens with one attached hydrogen (secondary N) is 1. The van der Waals surface area contributed by atoms with Crippen molar-refractivity contribution in [2.24, 2.45) is 5.92 Å². The van der Waals surface area contributed by atoms with Crippen LogP contribution in [0.1, 0.15) is 86.0 Å². The summed E-state index contributed by atoms with van der Waals surface area (Å²) in [6.07, 6.45) is 19.6. The number of rotatable bonds is 20. The Morgan fingerprint density at radius 2 is 1.77 bits per heavy atom. The fraction of sp³-hybridized carbons (Fsp3) is 0.543. The molecule has 0 bridgehead atoms. The quantitative estimate of drug-likeness (QED) is 0.123. The highest BCUT2D eigenvalue weighted by molar-refractivity contribution is 5.42. The van der Waals surface area contributed by atoms with Crippen LogP contribution in [0, 0.1) is 5.92 Å². The highest BCUT2D eigenvalue weighted by Crippen LogP contribution is 2.36. The fourth-order valence-electron chi connectivity index (χ4n) is 5.05. The van der Waals surface area contributed by atoms with Crippen molar-refractivity contribution in [3.8, 4) is 0 Å². The van der Waals surface area contributed by atoms with Crippen LogP contribution in [0.4, 0.5) is 4.39 Å². The molecule has 0 aromatic carbocycles. The summed E-state index contributed by atoms with van der Waals surface area (Å²) in [5.74, 6) is 0.701. The lowest BCUT2D eigenvalue weighted by Crippen LogP contribution is -2.24. The number of hydrogen-bond donors (Lipinski definition) is 1. The molecule has 0 aliphatic heterocycles. The van der Waals surface area contributed by atoms with E-state index in [2.05, 4.69) is 88.5 Å². The molecular weight excluding hydrogens is 481 g/mol. The lowest BCUT2D eigenvalue weighted by Gasteiger charge is -2.33. The Kier molecular flexibility index (Phi) is 15.8. The van der Waals surface area contributed by atoms with Crippen LogP contribution < -0.4 is 5.32 Å². The number of likely N-dealkylation sites (N-methyl/N-ethyl adjacent to an activating group) is 1. The van der Waals surface area contributed by atoms with E-state index in [9.17, 15) is 4.39 Å². The number of nitrogens with zero attached hydrogens (tertiary/aromatic N) is 2. The van der Waals surface area contributed by atoms with Crippen LogP contribution in [0.5, 0.6) is 0 Å². The summed E-state index contributed by atoms with van der Waals surface area (Å²) in [6.45, 7) is 29.4. The molecule has 1 aliphatic rings. The van der Waals surface area contributed by atoms with Crippen molar-refractivity contribution in [2.75, 3.05) is 26.7 Å². The molecule has 39 heavy (non-hydrogen) atoms. The molecule has 4 heteroatoms. The molecule has 1 rings (SSSR count). The average molecular weight is 538 g/mol. The van der Waals surface area contributed by atoms with Crippen molar-refractivity contribution in [3.05, 3.63) is 96.7 Å². The third-order valence-electron chi connectivity index (χ3n) is 7.89. The van der Waals surface area contributed by atoms with Gasteiger partial charge >= 0.3 is 0 Å². The monoisotopic (exact) mass is 537 g/mol. The van der Waals surface area contributed by atoms with Gasteiger partial charge in [0.2, 0.25) is 0 Å². The zero-order valence-electron chi connectivity index (χ0n) is 25.9. The Balaban J connectivity index is 2.89. The van der Waals surface area contributed by atoms with Gasteiger partial charge in [0.25, 0.3) is 0 Å². The third-order valence-corrected chi connectivity index (χ3v) is 7.89. The van der Waals surface area contributed by atoms with Crippen molar-refractivity contribution in [2.45, 2.75) is 91.7 Å². The van der Waals surface area contributed by atoms with Gasteiger partial charge in [-0.15, -0.1) is 0 Å². The molecule has 1 N–H and O–H groups in total. The van der Waals surface area contributed by atoms with Gasteiger partial charge in [0.1, 0.15) is 5.67 Å². The van der Waals surface area contributed by atoms with E-state index < -0.39 is 5.67 Å². The van der Waals surface area contributed by atoms with E-state index in [-0.39, 0.29) is 0 Å². The highest BCUT2D eigenvalue weighted by atomic mass is 19.1. The zero-order valence-corrected chi connectivity index (χ0v) is 25.9. The third kappa shape index (κ3) is 11.6. The Hall–Kier alpha value is -2.59. The van der Waals surface area contributed by atoms with E-state index in [0.717, 1.165) is 49.2 Å². The Morgan fingerprint density at radius 3 is 2.28 bits per heavy atom. The second-order valence-electron chi connectivity index (χ2n) is 11.0. The summed E-state index contributed by atoms with van der Waals surface area (Å²) in [5.41, 5.74) is 5.69. The predicted molar refractivity (Wildman–Crippen MR) is 171 cm³/mol. The number of halogens is 1. The van der Waals surface area contributed by atoms with E-state index in [0.29, 0.717) is 25.3 Å². The molecule has 0 saturated heterocycles. The van der Waals surface area contributed by atoms with E-state index in [4.69, 9.17) is 0 Å². The van der Waals surface area contributed by atoms with Gasteiger partial charge in [-0.3, -0.25) is 0 Å². The summed E-state index contributed by atoms with van der Waals surface area (Å²) >= 11 is 0. The molecule has 0 amide bonds. The van der Waals surface area contributed by atoms with Gasteiger partial charge < -0.3 is 15.1 Å². The number of alkyl halides is 1. The smallest absolute Gasteiger partial charge is 0.108 e. The minimum atomic E-state index is -1.15. The molecule has 1 atom stereocenters. The molecule has 0 aromatic rings. The predicted octanol–water partition coefficient (Wildman–Crippen LogP) is 9.39. The lowest BCUT2D eigenvalue weighted by atomic mass is 9.79. The molecule has 3 nitrogen and oxygen atoms in total. The second kappa shape index (κ2) is 17.9. The van der Waals surface area contributed by atoms with Gasteiger partial charge in [-0.05, 0) is 134 Å². The molecule has 1 saturated carbocycles. The molecule has 0 radical (unpaired) electrons. The van der Waals surface area contributed by atoms with Crippen molar-refractivity contribution in [1.29, 1.82) is 0 Å². The molecule has 218 valence electrons. The summed E-state index contributed by atoms with van der Waals surface area (Å²) in [4.78, 5) is 4.41. The van der Waals surface area contributed by atoms with Crippen molar-refractivity contribution in [1.82, 2.24) is 15.1 Å². The largest absolute Gasteiger partial charge is 0.348 e. The lowest BCUT2D eigenvalue weighted by molar-refractivity contribution is 0.153. The molecule has 1 fully saturated rings. The second-order valence-corrected chi connectivity index (χ2v) is 11.0. The van der Waals surface area contributed by atoms with Gasteiger partial charge in [0.05, 0.1) is 0 Å². The van der Waals surface area contributed by atoms with Crippen LogP contribution in [0.2, 0.25) is 0 Å². The van der Waals surface area contributed by atoms with Gasteiger partial charge in [-0.1, -0.05) is 51.0 Å². The first-order valence-electron chi connectivity index (χ1n) is 14.8. The summed E-state index contributed by atoms with van der Waals surface area (Å²) in [7, 11) is 1.90. The zero-order chi connectivity index (χ0) is 29.4. The standard InChI is InChI=1S/C35H56FN3/c1-11-18-34(31(8)33-20-15-21-33)39(14-4)30(7)22-23-32(12-2)28(5)27-38(13-3)29(6)19-16-24-35(9,36)25-17-26-37-10/h11-13,18,22-23,33,37H,2-3,5-6,14-17,19-21,24-27H2,1,4,7-10H3/b18-11-,30-22+,32-23+,34-31-. The molecule has 0 aromatic heterocycles. The number of hydrogen-bond acceptors (Lipinski definition) is 3. The molecule has 0 heterocycles. The maximum absolute atomic E-state index is 14.8. The van der Waals surface area contributed by atoms with E-state index >= 15 is 0 Å². The minimum absolute atomic E-state index is 0.529.